The van der Waals surface area contributed by atoms with Gasteiger partial charge < -0.3 is 5.11 Å². The van der Waals surface area contributed by atoms with E-state index >= 15 is 0 Å². The molecule has 4 nitrogen and oxygen atoms in total. The van der Waals surface area contributed by atoms with Crippen LogP contribution in [-0.4, -0.2) is 30.9 Å². The summed E-state index contributed by atoms with van der Waals surface area (Å²) < 4.78 is 23.7. The molecule has 0 aromatic carbocycles. The van der Waals surface area contributed by atoms with Gasteiger partial charge >= 0.3 is 0 Å². The second-order valence-corrected chi connectivity index (χ2v) is 7.44. The first-order chi connectivity index (χ1) is 7.63. The molecule has 90 valence electrons. The van der Waals surface area contributed by atoms with Gasteiger partial charge in [-0.05, 0) is 12.8 Å². The topological polar surface area (TPSA) is 67.3 Å². The van der Waals surface area contributed by atoms with Crippen molar-refractivity contribution in [3.63, 3.8) is 0 Å². The fourth-order valence-electron chi connectivity index (χ4n) is 1.93. The van der Waals surface area contributed by atoms with E-state index in [2.05, 4.69) is 4.98 Å². The molecular weight excluding hydrogens is 246 g/mol. The summed E-state index contributed by atoms with van der Waals surface area (Å²) in [4.78, 5) is 5.14. The lowest BCUT2D eigenvalue weighted by atomic mass is 10.2. The van der Waals surface area contributed by atoms with E-state index < -0.39 is 15.1 Å². The Bertz CT molecular complexity index is 452. The minimum Gasteiger partial charge on any atom is -0.396 e. The molecule has 1 aromatic rings. The monoisotopic (exact) mass is 261 g/mol. The van der Waals surface area contributed by atoms with Gasteiger partial charge in [0.2, 0.25) is 0 Å². The first-order valence-electron chi connectivity index (χ1n) is 5.40. The van der Waals surface area contributed by atoms with Crippen molar-refractivity contribution in [1.82, 2.24) is 4.98 Å². The predicted octanol–water partition coefficient (Wildman–Crippen LogP) is 1.32. The van der Waals surface area contributed by atoms with Gasteiger partial charge in [-0.1, -0.05) is 6.42 Å². The highest BCUT2D eigenvalue weighted by Gasteiger charge is 2.32. The standard InChI is InChI=1S/C10H15NO3S2/c12-5-4-8-7-11-10(15-8)9-3-1-2-6-16(9,13)14/h7,9,12H,1-6H2. The molecule has 1 saturated heterocycles. The lowest BCUT2D eigenvalue weighted by molar-refractivity contribution is 0.300. The van der Waals surface area contributed by atoms with Gasteiger partial charge in [0.1, 0.15) is 10.3 Å². The molecule has 16 heavy (non-hydrogen) atoms. The quantitative estimate of drug-likeness (QED) is 0.891. The third-order valence-corrected chi connectivity index (χ3v) is 6.29. The fraction of sp³-hybridized carbons (Fsp3) is 0.700. The Morgan fingerprint density at radius 1 is 1.50 bits per heavy atom. The van der Waals surface area contributed by atoms with Gasteiger partial charge in [-0.25, -0.2) is 13.4 Å². The molecular formula is C10H15NO3S2. The average Bonchev–Trinajstić information content (AvgIpc) is 2.66. The predicted molar refractivity (Wildman–Crippen MR) is 63.3 cm³/mol. The molecule has 0 aliphatic carbocycles. The summed E-state index contributed by atoms with van der Waals surface area (Å²) in [5.41, 5.74) is 0. The maximum Gasteiger partial charge on any atom is 0.159 e. The minimum atomic E-state index is -2.99. The van der Waals surface area contributed by atoms with Gasteiger partial charge in [-0.2, -0.15) is 0 Å². The van der Waals surface area contributed by atoms with E-state index in [9.17, 15) is 8.42 Å². The van der Waals surface area contributed by atoms with Gasteiger partial charge in [-0.15, -0.1) is 11.3 Å². The van der Waals surface area contributed by atoms with Gasteiger partial charge in [0, 0.05) is 24.1 Å². The van der Waals surface area contributed by atoms with E-state index in [0.717, 1.165) is 17.7 Å². The van der Waals surface area contributed by atoms with E-state index in [1.54, 1.807) is 6.20 Å². The van der Waals surface area contributed by atoms with Crippen LogP contribution in [0.4, 0.5) is 0 Å². The van der Waals surface area contributed by atoms with Crippen molar-refractivity contribution in [1.29, 1.82) is 0 Å². The van der Waals surface area contributed by atoms with Gasteiger partial charge in [-0.3, -0.25) is 0 Å². The van der Waals surface area contributed by atoms with E-state index in [0.29, 0.717) is 17.8 Å². The van der Waals surface area contributed by atoms with Gasteiger partial charge in [0.05, 0.1) is 5.75 Å². The van der Waals surface area contributed by atoms with Gasteiger partial charge in [0.15, 0.2) is 9.84 Å². The third-order valence-electron chi connectivity index (χ3n) is 2.78. The molecule has 1 N–H and O–H groups in total. The second-order valence-electron chi connectivity index (χ2n) is 3.99. The summed E-state index contributed by atoms with van der Waals surface area (Å²) in [6, 6.07) is 0. The maximum atomic E-state index is 11.9. The summed E-state index contributed by atoms with van der Waals surface area (Å²) in [6.45, 7) is 0.0824. The van der Waals surface area contributed by atoms with Crippen molar-refractivity contribution in [2.24, 2.45) is 0 Å². The molecule has 2 heterocycles. The minimum absolute atomic E-state index is 0.0824. The largest absolute Gasteiger partial charge is 0.396 e. The number of sulfone groups is 1. The smallest absolute Gasteiger partial charge is 0.159 e. The van der Waals surface area contributed by atoms with Crippen molar-refractivity contribution >= 4 is 21.2 Å². The highest BCUT2D eigenvalue weighted by molar-refractivity contribution is 7.91. The summed E-state index contributed by atoms with van der Waals surface area (Å²) in [6.07, 6.45) is 4.66. The SMILES string of the molecule is O=S1(=O)CCCCC1c1ncc(CCO)s1. The van der Waals surface area contributed by atoms with Crippen molar-refractivity contribution in [3.8, 4) is 0 Å². The first-order valence-corrected chi connectivity index (χ1v) is 7.94. The number of hydrogen-bond acceptors (Lipinski definition) is 5. The maximum absolute atomic E-state index is 11.9. The number of aromatic nitrogens is 1. The van der Waals surface area contributed by atoms with Crippen molar-refractivity contribution in [2.75, 3.05) is 12.4 Å². The summed E-state index contributed by atoms with van der Waals surface area (Å²) in [5, 5.41) is 9.10. The number of hydrogen-bond donors (Lipinski definition) is 1. The molecule has 2 rings (SSSR count). The van der Waals surface area contributed by atoms with Crippen LogP contribution in [0, 0.1) is 0 Å². The normalized spacial score (nSPS) is 24.4. The highest BCUT2D eigenvalue weighted by Crippen LogP contribution is 2.35. The molecule has 0 spiro atoms. The molecule has 1 aliphatic heterocycles. The Balaban J connectivity index is 2.22. The number of aliphatic hydroxyl groups is 1. The van der Waals surface area contributed by atoms with Crippen LogP contribution in [0.1, 0.15) is 34.4 Å². The number of aliphatic hydroxyl groups excluding tert-OH is 1. The van der Waals surface area contributed by atoms with Crippen LogP contribution < -0.4 is 0 Å². The van der Waals surface area contributed by atoms with Crippen LogP contribution in [0.3, 0.4) is 0 Å². The molecule has 1 atom stereocenters. The molecule has 0 amide bonds. The lowest BCUT2D eigenvalue weighted by Crippen LogP contribution is -2.21. The fourth-order valence-corrected chi connectivity index (χ4v) is 5.22. The van der Waals surface area contributed by atoms with E-state index in [1.807, 2.05) is 0 Å². The molecule has 0 radical (unpaired) electrons. The Kier molecular flexibility index (Phi) is 3.61. The van der Waals surface area contributed by atoms with Crippen LogP contribution in [-0.2, 0) is 16.3 Å². The first kappa shape index (κ1) is 12.0. The molecule has 1 fully saturated rings. The molecule has 6 heteroatoms. The Morgan fingerprint density at radius 3 is 3.00 bits per heavy atom. The molecule has 1 aliphatic rings. The molecule has 0 saturated carbocycles. The summed E-state index contributed by atoms with van der Waals surface area (Å²) in [5.74, 6) is 0.284. The average molecular weight is 261 g/mol. The van der Waals surface area contributed by atoms with Crippen LogP contribution in [0.25, 0.3) is 0 Å². The number of nitrogens with zero attached hydrogens (tertiary/aromatic N) is 1. The molecule has 0 bridgehead atoms. The Hall–Kier alpha value is -0.460. The Morgan fingerprint density at radius 2 is 2.31 bits per heavy atom. The second kappa shape index (κ2) is 4.81. The highest BCUT2D eigenvalue weighted by atomic mass is 32.2. The van der Waals surface area contributed by atoms with E-state index in [4.69, 9.17) is 5.11 Å². The van der Waals surface area contributed by atoms with Crippen molar-refractivity contribution < 1.29 is 13.5 Å². The zero-order chi connectivity index (χ0) is 11.6. The van der Waals surface area contributed by atoms with Crippen molar-refractivity contribution in [3.05, 3.63) is 16.1 Å². The van der Waals surface area contributed by atoms with E-state index in [-0.39, 0.29) is 12.4 Å². The van der Waals surface area contributed by atoms with Crippen LogP contribution in [0.15, 0.2) is 6.20 Å². The van der Waals surface area contributed by atoms with Crippen LogP contribution in [0.5, 0.6) is 0 Å². The molecule has 1 aromatic heterocycles. The van der Waals surface area contributed by atoms with Gasteiger partial charge in [0.25, 0.3) is 0 Å². The van der Waals surface area contributed by atoms with Crippen molar-refractivity contribution in [2.45, 2.75) is 30.9 Å². The van der Waals surface area contributed by atoms with Crippen LogP contribution >= 0.6 is 11.3 Å². The summed E-state index contributed by atoms with van der Waals surface area (Å²) >= 11 is 1.42. The van der Waals surface area contributed by atoms with E-state index in [1.165, 1.54) is 11.3 Å². The van der Waals surface area contributed by atoms with Crippen LogP contribution in [0.2, 0.25) is 0 Å². The zero-order valence-corrected chi connectivity index (χ0v) is 10.6. The number of rotatable bonds is 3. The Labute approximate surface area is 99.3 Å². The number of thiazole rings is 1. The molecule has 1 unspecified atom stereocenters. The lowest BCUT2D eigenvalue weighted by Gasteiger charge is -2.19. The zero-order valence-electron chi connectivity index (χ0n) is 8.92. The summed E-state index contributed by atoms with van der Waals surface area (Å²) in [7, 11) is -2.99. The third kappa shape index (κ3) is 2.44.